The van der Waals surface area contributed by atoms with Gasteiger partial charge >= 0.3 is 5.97 Å². The molecule has 0 saturated heterocycles. The Bertz CT molecular complexity index is 1260. The van der Waals surface area contributed by atoms with E-state index >= 15 is 0 Å². The maximum Gasteiger partial charge on any atom is 0.338 e. The maximum atomic E-state index is 13.7. The van der Waals surface area contributed by atoms with Crippen LogP contribution in [-0.2, 0) is 9.53 Å². The number of ether oxygens (including phenoxy) is 2. The molecule has 0 bridgehead atoms. The van der Waals surface area contributed by atoms with Gasteiger partial charge in [0.15, 0.2) is 10.8 Å². The third-order valence-corrected chi connectivity index (χ3v) is 7.08. The number of fused-ring (bicyclic) bond motifs is 1. The average Bonchev–Trinajstić information content (AvgIpc) is 3.21. The number of hydrogen-bond donors (Lipinski definition) is 1. The number of allylic oxidation sites excluding steroid dienone is 1. The van der Waals surface area contributed by atoms with Crippen LogP contribution in [0.3, 0.4) is 0 Å². The molecular formula is C22H18Br2FN3O3S. The van der Waals surface area contributed by atoms with E-state index in [9.17, 15) is 9.18 Å². The van der Waals surface area contributed by atoms with Gasteiger partial charge in [-0.1, -0.05) is 37.9 Å². The van der Waals surface area contributed by atoms with Crippen molar-refractivity contribution >= 4 is 65.2 Å². The number of nitrogens with zero attached hydrogens (tertiary/aromatic N) is 2. The van der Waals surface area contributed by atoms with Crippen LogP contribution in [-0.4, -0.2) is 35.8 Å². The van der Waals surface area contributed by atoms with Crippen LogP contribution in [0.1, 0.15) is 23.5 Å². The third-order valence-electron chi connectivity index (χ3n) is 4.81. The van der Waals surface area contributed by atoms with E-state index in [0.717, 1.165) is 16.0 Å². The largest absolute Gasteiger partial charge is 0.497 e. The topological polar surface area (TPSA) is 72.8 Å². The van der Waals surface area contributed by atoms with Gasteiger partial charge in [-0.2, -0.15) is 0 Å². The number of aromatic nitrogens is 1. The van der Waals surface area contributed by atoms with Crippen molar-refractivity contribution in [1.29, 1.82) is 0 Å². The highest BCUT2D eigenvalue weighted by Gasteiger charge is 2.33. The molecule has 0 radical (unpaired) electrons. The Labute approximate surface area is 204 Å². The van der Waals surface area contributed by atoms with Crippen LogP contribution in [0.4, 0.5) is 4.39 Å². The van der Waals surface area contributed by atoms with E-state index < -0.39 is 12.0 Å². The summed E-state index contributed by atoms with van der Waals surface area (Å²) in [4.78, 5) is 22.4. The van der Waals surface area contributed by atoms with Gasteiger partial charge in [-0.25, -0.2) is 14.2 Å². The van der Waals surface area contributed by atoms with Crippen molar-refractivity contribution in [1.82, 2.24) is 10.3 Å². The number of halogens is 3. The van der Waals surface area contributed by atoms with Crippen LogP contribution >= 0.6 is 43.2 Å². The number of carbonyl (C=O) groups excluding carboxylic acids is 1. The van der Waals surface area contributed by atoms with Crippen LogP contribution in [0.2, 0.25) is 0 Å². The summed E-state index contributed by atoms with van der Waals surface area (Å²) < 4.78 is 25.8. The van der Waals surface area contributed by atoms with Crippen molar-refractivity contribution in [2.24, 2.45) is 4.99 Å². The highest BCUT2D eigenvalue weighted by molar-refractivity contribution is 9.10. The second-order valence-corrected chi connectivity index (χ2v) is 9.22. The quantitative estimate of drug-likeness (QED) is 0.306. The molecule has 0 spiro atoms. The van der Waals surface area contributed by atoms with Crippen LogP contribution in [0.25, 0.3) is 10.2 Å². The summed E-state index contributed by atoms with van der Waals surface area (Å²) in [6.07, 6.45) is 0. The highest BCUT2D eigenvalue weighted by Crippen LogP contribution is 2.37. The lowest BCUT2D eigenvalue weighted by Gasteiger charge is -2.26. The van der Waals surface area contributed by atoms with Crippen molar-refractivity contribution in [2.75, 3.05) is 19.0 Å². The van der Waals surface area contributed by atoms with E-state index in [4.69, 9.17) is 19.5 Å². The lowest BCUT2D eigenvalue weighted by Crippen LogP contribution is -2.34. The first-order chi connectivity index (χ1) is 15.4. The standard InChI is InChI=1S/C22H18Br2FN3O3S/c1-3-31-22(29)18-16(10-23)26-20(28-19(18)13-6-4-11(25)8-14(13)24)21-27-15-7-5-12(30-2)9-17(15)32-21/h4-9,19H,3,10H2,1-2H3,(H,26,28)/t19-/m0/s1. The zero-order valence-corrected chi connectivity index (χ0v) is 21.1. The van der Waals surface area contributed by atoms with Gasteiger partial charge in [0.25, 0.3) is 0 Å². The fourth-order valence-electron chi connectivity index (χ4n) is 3.34. The minimum absolute atomic E-state index is 0.228. The van der Waals surface area contributed by atoms with Gasteiger partial charge in [-0.3, -0.25) is 4.99 Å². The summed E-state index contributed by atoms with van der Waals surface area (Å²) >= 11 is 8.34. The summed E-state index contributed by atoms with van der Waals surface area (Å²) in [5.41, 5.74) is 2.44. The van der Waals surface area contributed by atoms with Gasteiger partial charge in [-0.15, -0.1) is 11.3 Å². The molecule has 10 heteroatoms. The Kier molecular flexibility index (Phi) is 6.92. The fourth-order valence-corrected chi connectivity index (χ4v) is 5.30. The Balaban J connectivity index is 1.85. The number of thiazole rings is 1. The van der Waals surface area contributed by atoms with E-state index in [-0.39, 0.29) is 12.4 Å². The summed E-state index contributed by atoms with van der Waals surface area (Å²) in [5, 5.41) is 4.27. The number of methoxy groups -OCH3 is 1. The SMILES string of the molecule is CCOC(=O)C1=C(CBr)NC(c2nc3ccc(OC)cc3s2)=N[C@H]1c1ccc(F)cc1Br. The molecule has 1 N–H and O–H groups in total. The van der Waals surface area contributed by atoms with Crippen molar-refractivity contribution < 1.29 is 18.7 Å². The predicted octanol–water partition coefficient (Wildman–Crippen LogP) is 5.51. The molecule has 2 aromatic carbocycles. The van der Waals surface area contributed by atoms with Crippen molar-refractivity contribution in [3.8, 4) is 5.75 Å². The van der Waals surface area contributed by atoms with Gasteiger partial charge in [0.1, 0.15) is 17.6 Å². The van der Waals surface area contributed by atoms with E-state index in [2.05, 4.69) is 37.2 Å². The first-order valence-electron chi connectivity index (χ1n) is 9.66. The number of carbonyl (C=O) groups is 1. The van der Waals surface area contributed by atoms with E-state index in [1.807, 2.05) is 18.2 Å². The Morgan fingerprint density at radius 3 is 2.78 bits per heavy atom. The van der Waals surface area contributed by atoms with Gasteiger partial charge in [0.2, 0.25) is 0 Å². The van der Waals surface area contributed by atoms with Gasteiger partial charge in [-0.05, 0) is 42.8 Å². The molecule has 166 valence electrons. The number of aliphatic imine (C=N–C) groups is 1. The van der Waals surface area contributed by atoms with Gasteiger partial charge < -0.3 is 14.8 Å². The first-order valence-corrected chi connectivity index (χ1v) is 12.4. The smallest absolute Gasteiger partial charge is 0.338 e. The zero-order valence-electron chi connectivity index (χ0n) is 17.1. The molecule has 0 aliphatic carbocycles. The molecule has 1 aliphatic heterocycles. The second-order valence-electron chi connectivity index (χ2n) is 6.77. The van der Waals surface area contributed by atoms with Crippen LogP contribution < -0.4 is 10.1 Å². The Morgan fingerprint density at radius 2 is 2.09 bits per heavy atom. The molecule has 1 aliphatic rings. The number of amidine groups is 1. The van der Waals surface area contributed by atoms with Crippen LogP contribution in [0.5, 0.6) is 5.75 Å². The minimum Gasteiger partial charge on any atom is -0.497 e. The molecule has 4 rings (SSSR count). The van der Waals surface area contributed by atoms with E-state index in [0.29, 0.717) is 37.5 Å². The Hall–Kier alpha value is -2.30. The van der Waals surface area contributed by atoms with Gasteiger partial charge in [0, 0.05) is 15.5 Å². The number of benzene rings is 2. The number of alkyl halides is 1. The molecule has 32 heavy (non-hydrogen) atoms. The van der Waals surface area contributed by atoms with Crippen molar-refractivity contribution in [3.05, 3.63) is 68.5 Å². The molecule has 0 unspecified atom stereocenters. The molecule has 0 fully saturated rings. The monoisotopic (exact) mass is 581 g/mol. The second kappa shape index (κ2) is 9.68. The lowest BCUT2D eigenvalue weighted by molar-refractivity contribution is -0.138. The molecule has 1 atom stereocenters. The lowest BCUT2D eigenvalue weighted by atomic mass is 9.96. The first kappa shape index (κ1) is 22.9. The fraction of sp³-hybridized carbons (Fsp3) is 0.227. The predicted molar refractivity (Wildman–Crippen MR) is 130 cm³/mol. The zero-order chi connectivity index (χ0) is 22.8. The summed E-state index contributed by atoms with van der Waals surface area (Å²) in [5.74, 6) is 0.396. The third kappa shape index (κ3) is 4.44. The maximum absolute atomic E-state index is 13.7. The van der Waals surface area contributed by atoms with Crippen LogP contribution in [0, 0.1) is 5.82 Å². The summed E-state index contributed by atoms with van der Waals surface area (Å²) in [7, 11) is 1.62. The van der Waals surface area contributed by atoms with Crippen molar-refractivity contribution in [3.63, 3.8) is 0 Å². The molecule has 0 saturated carbocycles. The molecule has 3 aromatic rings. The normalized spacial score (nSPS) is 16.0. The molecule has 6 nitrogen and oxygen atoms in total. The Morgan fingerprint density at radius 1 is 1.28 bits per heavy atom. The number of hydrogen-bond acceptors (Lipinski definition) is 7. The van der Waals surface area contributed by atoms with E-state index in [1.54, 1.807) is 20.1 Å². The minimum atomic E-state index is -0.700. The summed E-state index contributed by atoms with van der Waals surface area (Å²) in [6.45, 7) is 1.97. The average molecular weight is 583 g/mol. The number of esters is 1. The van der Waals surface area contributed by atoms with Crippen molar-refractivity contribution in [2.45, 2.75) is 13.0 Å². The van der Waals surface area contributed by atoms with Gasteiger partial charge in [0.05, 0.1) is 29.5 Å². The molecule has 2 heterocycles. The molecule has 0 amide bonds. The summed E-state index contributed by atoms with van der Waals surface area (Å²) in [6, 6.07) is 9.27. The number of nitrogens with one attached hydrogen (secondary N) is 1. The van der Waals surface area contributed by atoms with E-state index in [1.165, 1.54) is 23.5 Å². The van der Waals surface area contributed by atoms with Crippen LogP contribution in [0.15, 0.2) is 57.1 Å². The molecule has 1 aromatic heterocycles. The number of rotatable bonds is 6. The molecular weight excluding hydrogens is 565 g/mol. The highest BCUT2D eigenvalue weighted by atomic mass is 79.9.